The SMILES string of the molecule is C=C(C)C(CCC(C)=O)C[C@@H]1O[C@]1(C)C/C=C/C(C)=O. The topological polar surface area (TPSA) is 46.7 Å². The van der Waals surface area contributed by atoms with E-state index in [1.165, 1.54) is 0 Å². The summed E-state index contributed by atoms with van der Waals surface area (Å²) in [5.41, 5.74) is 0.957. The Morgan fingerprint density at radius 3 is 2.50 bits per heavy atom. The maximum atomic E-state index is 11.1. The number of carbonyl (C=O) groups is 2. The molecule has 1 aliphatic rings. The van der Waals surface area contributed by atoms with Gasteiger partial charge in [0, 0.05) is 6.42 Å². The summed E-state index contributed by atoms with van der Waals surface area (Å²) in [6, 6.07) is 0. The zero-order chi connectivity index (χ0) is 15.3. The number of carbonyl (C=O) groups excluding carboxylic acids is 2. The maximum absolute atomic E-state index is 11.1. The number of ketones is 2. The van der Waals surface area contributed by atoms with Crippen LogP contribution in [0.3, 0.4) is 0 Å². The predicted octanol–water partition coefficient (Wildman–Crippen LogP) is 3.63. The molecule has 0 spiro atoms. The molecule has 1 heterocycles. The molecule has 3 heteroatoms. The predicted molar refractivity (Wildman–Crippen MR) is 80.6 cm³/mol. The molecule has 1 rings (SSSR count). The number of epoxide rings is 1. The van der Waals surface area contributed by atoms with Gasteiger partial charge in [-0.1, -0.05) is 18.2 Å². The minimum Gasteiger partial charge on any atom is -0.366 e. The van der Waals surface area contributed by atoms with Gasteiger partial charge in [-0.05, 0) is 59.0 Å². The monoisotopic (exact) mass is 278 g/mol. The molecule has 0 aliphatic carbocycles. The lowest BCUT2D eigenvalue weighted by Crippen LogP contribution is -2.14. The highest BCUT2D eigenvalue weighted by molar-refractivity contribution is 5.87. The number of ether oxygens (including phenoxy) is 1. The van der Waals surface area contributed by atoms with E-state index in [1.54, 1.807) is 19.9 Å². The molecule has 0 saturated carbocycles. The number of rotatable bonds is 9. The molecule has 0 aromatic rings. The first-order valence-corrected chi connectivity index (χ1v) is 7.24. The van der Waals surface area contributed by atoms with Crippen molar-refractivity contribution in [1.29, 1.82) is 0 Å². The van der Waals surface area contributed by atoms with E-state index >= 15 is 0 Å². The van der Waals surface area contributed by atoms with Crippen LogP contribution < -0.4 is 0 Å². The average Bonchev–Trinajstić information content (AvgIpc) is 2.94. The quantitative estimate of drug-likeness (QED) is 0.367. The lowest BCUT2D eigenvalue weighted by Gasteiger charge is -2.15. The Morgan fingerprint density at radius 2 is 2.00 bits per heavy atom. The lowest BCUT2D eigenvalue weighted by atomic mass is 9.87. The fourth-order valence-electron chi connectivity index (χ4n) is 2.43. The van der Waals surface area contributed by atoms with E-state index in [-0.39, 0.29) is 23.3 Å². The van der Waals surface area contributed by atoms with Crippen molar-refractivity contribution in [3.8, 4) is 0 Å². The Bertz CT molecular complexity index is 422. The van der Waals surface area contributed by atoms with Gasteiger partial charge in [-0.3, -0.25) is 4.79 Å². The molecule has 0 aromatic carbocycles. The van der Waals surface area contributed by atoms with E-state index in [0.717, 1.165) is 24.8 Å². The van der Waals surface area contributed by atoms with Gasteiger partial charge in [0.2, 0.25) is 0 Å². The van der Waals surface area contributed by atoms with Gasteiger partial charge in [0.15, 0.2) is 5.78 Å². The molecule has 20 heavy (non-hydrogen) atoms. The van der Waals surface area contributed by atoms with Crippen molar-refractivity contribution in [3.63, 3.8) is 0 Å². The number of hydrogen-bond donors (Lipinski definition) is 0. The Labute approximate surface area is 122 Å². The molecule has 3 atom stereocenters. The molecular weight excluding hydrogens is 252 g/mol. The third-order valence-corrected chi connectivity index (χ3v) is 3.95. The molecule has 0 radical (unpaired) electrons. The van der Waals surface area contributed by atoms with E-state index in [9.17, 15) is 9.59 Å². The van der Waals surface area contributed by atoms with E-state index < -0.39 is 0 Å². The largest absolute Gasteiger partial charge is 0.366 e. The van der Waals surface area contributed by atoms with Crippen molar-refractivity contribution >= 4 is 11.6 Å². The van der Waals surface area contributed by atoms with Gasteiger partial charge in [0.1, 0.15) is 5.78 Å². The van der Waals surface area contributed by atoms with Gasteiger partial charge in [0.25, 0.3) is 0 Å². The van der Waals surface area contributed by atoms with Crippen molar-refractivity contribution in [2.24, 2.45) is 5.92 Å². The fourth-order valence-corrected chi connectivity index (χ4v) is 2.43. The molecule has 112 valence electrons. The second kappa shape index (κ2) is 6.98. The minimum absolute atomic E-state index is 0.0621. The zero-order valence-corrected chi connectivity index (χ0v) is 13.1. The first-order valence-electron chi connectivity index (χ1n) is 7.24. The average molecular weight is 278 g/mol. The fraction of sp³-hybridized carbons (Fsp3) is 0.647. The third-order valence-electron chi connectivity index (χ3n) is 3.95. The van der Waals surface area contributed by atoms with Gasteiger partial charge < -0.3 is 9.53 Å². The standard InChI is InChI=1S/C17H26O3/c1-12(2)15(9-8-14(4)19)11-16-17(5,20-16)10-6-7-13(3)18/h6-7,15-16H,1,8-11H2,2-5H3/b7-6+/t15?,16-,17+/m0/s1. The van der Waals surface area contributed by atoms with Crippen LogP contribution in [0.5, 0.6) is 0 Å². The van der Waals surface area contributed by atoms with Gasteiger partial charge in [-0.2, -0.15) is 0 Å². The highest BCUT2D eigenvalue weighted by Gasteiger charge is 2.51. The molecule has 1 fully saturated rings. The zero-order valence-electron chi connectivity index (χ0n) is 13.1. The van der Waals surface area contributed by atoms with Crippen LogP contribution >= 0.6 is 0 Å². The Hall–Kier alpha value is -1.22. The summed E-state index contributed by atoms with van der Waals surface area (Å²) in [5, 5.41) is 0. The van der Waals surface area contributed by atoms with Crippen LogP contribution in [0.4, 0.5) is 0 Å². The summed E-state index contributed by atoms with van der Waals surface area (Å²) in [5.74, 6) is 0.620. The van der Waals surface area contributed by atoms with Crippen LogP contribution in [0.2, 0.25) is 0 Å². The summed E-state index contributed by atoms with van der Waals surface area (Å²) in [6.45, 7) is 11.3. The van der Waals surface area contributed by atoms with Crippen molar-refractivity contribution in [2.45, 2.75) is 65.1 Å². The molecule has 3 nitrogen and oxygen atoms in total. The molecule has 0 aromatic heterocycles. The van der Waals surface area contributed by atoms with Gasteiger partial charge in [-0.15, -0.1) is 0 Å². The van der Waals surface area contributed by atoms with Gasteiger partial charge in [0.05, 0.1) is 11.7 Å². The highest BCUT2D eigenvalue weighted by Crippen LogP contribution is 2.44. The van der Waals surface area contributed by atoms with Crippen LogP contribution in [-0.4, -0.2) is 23.3 Å². The summed E-state index contributed by atoms with van der Waals surface area (Å²) in [4.78, 5) is 22.0. The highest BCUT2D eigenvalue weighted by atomic mass is 16.6. The minimum atomic E-state index is -0.157. The summed E-state index contributed by atoms with van der Waals surface area (Å²) >= 11 is 0. The van der Waals surface area contributed by atoms with E-state index in [4.69, 9.17) is 4.74 Å². The number of allylic oxidation sites excluding steroid dienone is 2. The van der Waals surface area contributed by atoms with Crippen molar-refractivity contribution in [1.82, 2.24) is 0 Å². The van der Waals surface area contributed by atoms with E-state index in [0.29, 0.717) is 12.3 Å². The first kappa shape index (κ1) is 16.8. The first-order chi connectivity index (χ1) is 9.24. The van der Waals surface area contributed by atoms with E-state index in [1.807, 2.05) is 13.0 Å². The summed E-state index contributed by atoms with van der Waals surface area (Å²) in [6.07, 6.45) is 6.80. The molecule has 0 bridgehead atoms. The lowest BCUT2D eigenvalue weighted by molar-refractivity contribution is -0.117. The molecule has 1 aliphatic heterocycles. The van der Waals surface area contributed by atoms with Crippen molar-refractivity contribution in [3.05, 3.63) is 24.3 Å². The third kappa shape index (κ3) is 5.41. The van der Waals surface area contributed by atoms with Gasteiger partial charge >= 0.3 is 0 Å². The molecular formula is C17H26O3. The number of hydrogen-bond acceptors (Lipinski definition) is 3. The summed E-state index contributed by atoms with van der Waals surface area (Å²) in [7, 11) is 0. The Kier molecular flexibility index (Phi) is 5.88. The van der Waals surface area contributed by atoms with Crippen LogP contribution in [0.1, 0.15) is 53.4 Å². The van der Waals surface area contributed by atoms with Crippen molar-refractivity contribution < 1.29 is 14.3 Å². The van der Waals surface area contributed by atoms with Crippen LogP contribution in [0.25, 0.3) is 0 Å². The van der Waals surface area contributed by atoms with Crippen molar-refractivity contribution in [2.75, 3.05) is 0 Å². The maximum Gasteiger partial charge on any atom is 0.152 e. The second-order valence-electron chi connectivity index (χ2n) is 6.16. The van der Waals surface area contributed by atoms with Gasteiger partial charge in [-0.25, -0.2) is 0 Å². The smallest absolute Gasteiger partial charge is 0.152 e. The molecule has 1 unspecified atom stereocenters. The van der Waals surface area contributed by atoms with Crippen LogP contribution in [-0.2, 0) is 14.3 Å². The normalized spacial score (nSPS) is 26.5. The number of Topliss-reactive ketones (excluding diaryl/α,β-unsaturated/α-hetero) is 1. The molecule has 1 saturated heterocycles. The Balaban J connectivity index is 2.45. The van der Waals surface area contributed by atoms with E-state index in [2.05, 4.69) is 13.5 Å². The Morgan fingerprint density at radius 1 is 1.35 bits per heavy atom. The van der Waals surface area contributed by atoms with Crippen LogP contribution in [0, 0.1) is 5.92 Å². The molecule has 0 N–H and O–H groups in total. The second-order valence-corrected chi connectivity index (χ2v) is 6.16. The molecule has 0 amide bonds. The van der Waals surface area contributed by atoms with Crippen LogP contribution in [0.15, 0.2) is 24.3 Å². The summed E-state index contributed by atoms with van der Waals surface area (Å²) < 4.78 is 5.79.